The van der Waals surface area contributed by atoms with E-state index in [0.29, 0.717) is 41.6 Å². The summed E-state index contributed by atoms with van der Waals surface area (Å²) in [5.74, 6) is 1.69. The minimum atomic E-state index is -0.564. The largest absolute Gasteiger partial charge is 0.493 e. The molecule has 1 aliphatic heterocycles. The molecule has 0 radical (unpaired) electrons. The van der Waals surface area contributed by atoms with Crippen LogP contribution >= 0.6 is 0 Å². The van der Waals surface area contributed by atoms with Crippen molar-refractivity contribution >= 4 is 5.97 Å². The second kappa shape index (κ2) is 12.7. The molecule has 8 nitrogen and oxygen atoms in total. The van der Waals surface area contributed by atoms with Gasteiger partial charge >= 0.3 is 5.97 Å². The number of hydrogen-bond donors (Lipinski definition) is 0. The summed E-state index contributed by atoms with van der Waals surface area (Å²) in [4.78, 5) is 11.7. The molecule has 1 heterocycles. The molecule has 1 aliphatic rings. The van der Waals surface area contributed by atoms with Crippen LogP contribution in [-0.4, -0.2) is 53.7 Å². The van der Waals surface area contributed by atoms with Gasteiger partial charge in [0.05, 0.1) is 41.7 Å². The van der Waals surface area contributed by atoms with Gasteiger partial charge in [0.15, 0.2) is 23.0 Å². The molecule has 0 spiro atoms. The summed E-state index contributed by atoms with van der Waals surface area (Å²) in [6.45, 7) is 5.21. The number of hydrogen-bond acceptors (Lipinski definition) is 8. The molecule has 0 amide bonds. The first-order chi connectivity index (χ1) is 19.7. The van der Waals surface area contributed by atoms with Gasteiger partial charge in [0.2, 0.25) is 5.75 Å². The van der Waals surface area contributed by atoms with Crippen molar-refractivity contribution in [3.8, 4) is 39.9 Å². The van der Waals surface area contributed by atoms with Crippen LogP contribution in [0.15, 0.2) is 36.4 Å². The lowest BCUT2D eigenvalue weighted by Gasteiger charge is -2.35. The highest BCUT2D eigenvalue weighted by Crippen LogP contribution is 2.56. The highest BCUT2D eigenvalue weighted by Gasteiger charge is 2.38. The van der Waals surface area contributed by atoms with Gasteiger partial charge in [-0.1, -0.05) is 12.1 Å². The zero-order valence-corrected chi connectivity index (χ0v) is 24.8. The minimum absolute atomic E-state index is 0.192. The van der Waals surface area contributed by atoms with Gasteiger partial charge in [-0.05, 0) is 66.8 Å². The molecular weight excluding hydrogens is 531 g/mol. The Morgan fingerprint density at radius 2 is 1.54 bits per heavy atom. The zero-order valence-electron chi connectivity index (χ0n) is 24.8. The molecular formula is C32H37FO8. The van der Waals surface area contributed by atoms with Gasteiger partial charge < -0.3 is 33.2 Å². The summed E-state index contributed by atoms with van der Waals surface area (Å²) in [6, 6.07) is 10.0. The Morgan fingerprint density at radius 3 is 2.10 bits per heavy atom. The fourth-order valence-electron chi connectivity index (χ4n) is 5.58. The second-order valence-corrected chi connectivity index (χ2v) is 9.94. The molecule has 0 fully saturated rings. The summed E-state index contributed by atoms with van der Waals surface area (Å²) >= 11 is 0. The monoisotopic (exact) mass is 568 g/mol. The van der Waals surface area contributed by atoms with E-state index in [1.807, 2.05) is 26.0 Å². The molecule has 9 heteroatoms. The maximum Gasteiger partial charge on any atom is 0.302 e. The number of rotatable bonds is 10. The number of benzene rings is 3. The Bertz CT molecular complexity index is 1400. The van der Waals surface area contributed by atoms with Crippen molar-refractivity contribution in [3.63, 3.8) is 0 Å². The van der Waals surface area contributed by atoms with E-state index in [4.69, 9.17) is 33.2 Å². The number of halogens is 1. The fourth-order valence-corrected chi connectivity index (χ4v) is 5.58. The Labute approximate surface area is 240 Å². The highest BCUT2D eigenvalue weighted by atomic mass is 19.1. The van der Waals surface area contributed by atoms with Crippen molar-refractivity contribution in [2.75, 3.05) is 35.5 Å². The number of esters is 1. The van der Waals surface area contributed by atoms with Crippen molar-refractivity contribution in [1.82, 2.24) is 0 Å². The average Bonchev–Trinajstić information content (AvgIpc) is 2.95. The number of methoxy groups -OCH3 is 5. The summed E-state index contributed by atoms with van der Waals surface area (Å²) in [5.41, 5.74) is 4.88. The lowest BCUT2D eigenvalue weighted by atomic mass is 9.82. The van der Waals surface area contributed by atoms with Gasteiger partial charge in [-0.25, -0.2) is 4.39 Å². The van der Waals surface area contributed by atoms with E-state index in [1.54, 1.807) is 47.7 Å². The molecule has 3 aromatic rings. The molecule has 0 saturated carbocycles. The van der Waals surface area contributed by atoms with Crippen LogP contribution in [0.1, 0.15) is 49.1 Å². The lowest BCUT2D eigenvalue weighted by Crippen LogP contribution is -2.26. The van der Waals surface area contributed by atoms with Crippen LogP contribution in [0.4, 0.5) is 4.39 Å². The summed E-state index contributed by atoms with van der Waals surface area (Å²) in [6.07, 6.45) is -0.240. The molecule has 3 aromatic carbocycles. The first kappa shape index (κ1) is 30.0. The quantitative estimate of drug-likeness (QED) is 0.272. The van der Waals surface area contributed by atoms with E-state index >= 15 is 0 Å². The van der Waals surface area contributed by atoms with Crippen LogP contribution in [0.3, 0.4) is 0 Å². The Kier molecular flexibility index (Phi) is 9.28. The van der Waals surface area contributed by atoms with E-state index in [9.17, 15) is 9.18 Å². The van der Waals surface area contributed by atoms with Crippen LogP contribution < -0.4 is 23.7 Å². The molecule has 220 valence electrons. The fraction of sp³-hybridized carbons (Fsp3) is 0.406. The third kappa shape index (κ3) is 5.91. The predicted molar refractivity (Wildman–Crippen MR) is 152 cm³/mol. The molecule has 0 aliphatic carbocycles. The minimum Gasteiger partial charge on any atom is -0.493 e. The van der Waals surface area contributed by atoms with Crippen LogP contribution in [0, 0.1) is 5.82 Å². The van der Waals surface area contributed by atoms with Gasteiger partial charge in [-0.3, -0.25) is 4.79 Å². The third-order valence-corrected chi connectivity index (χ3v) is 7.17. The smallest absolute Gasteiger partial charge is 0.302 e. The number of ether oxygens (including phenoxy) is 7. The molecule has 0 saturated heterocycles. The van der Waals surface area contributed by atoms with E-state index in [-0.39, 0.29) is 17.9 Å². The van der Waals surface area contributed by atoms with Crippen molar-refractivity contribution in [1.29, 1.82) is 0 Å². The number of fused-ring (bicyclic) bond motifs is 1. The van der Waals surface area contributed by atoms with Crippen molar-refractivity contribution in [2.24, 2.45) is 0 Å². The van der Waals surface area contributed by atoms with Gasteiger partial charge in [0.25, 0.3) is 0 Å². The Hall–Kier alpha value is -3.98. The maximum atomic E-state index is 13.9. The van der Waals surface area contributed by atoms with E-state index in [0.717, 1.165) is 33.4 Å². The van der Waals surface area contributed by atoms with Crippen LogP contribution in [0.25, 0.3) is 11.1 Å². The third-order valence-electron chi connectivity index (χ3n) is 7.17. The molecule has 0 aromatic heterocycles. The van der Waals surface area contributed by atoms with Crippen LogP contribution in [0.5, 0.6) is 28.7 Å². The molecule has 4 rings (SSSR count). The summed E-state index contributed by atoms with van der Waals surface area (Å²) in [7, 11) is 7.84. The Balaban J connectivity index is 2.10. The maximum absolute atomic E-state index is 13.9. The van der Waals surface area contributed by atoms with Crippen molar-refractivity contribution in [2.45, 2.75) is 51.9 Å². The van der Waals surface area contributed by atoms with Crippen LogP contribution in [-0.2, 0) is 27.1 Å². The van der Waals surface area contributed by atoms with Crippen LogP contribution in [0.2, 0.25) is 0 Å². The van der Waals surface area contributed by atoms with Gasteiger partial charge in [-0.15, -0.1) is 0 Å². The van der Waals surface area contributed by atoms with E-state index < -0.39 is 12.2 Å². The van der Waals surface area contributed by atoms with E-state index in [1.165, 1.54) is 19.1 Å². The topological polar surface area (TPSA) is 81.7 Å². The molecule has 0 bridgehead atoms. The first-order valence-corrected chi connectivity index (χ1v) is 13.3. The first-order valence-electron chi connectivity index (χ1n) is 13.3. The standard InChI is InChI=1S/C32H37FO8/c1-17(40-19(3)34)13-21-15-25(35-4)26(36-5)16-23(21)27-24-14-18(2)41-29(20-9-11-22(33)12-10-20)28(24)31(38-7)32(39-8)30(27)37-6/h9-12,15-18,29H,13-14H2,1-8H3/t17-,18-,29+/m0/s1. The molecule has 0 unspecified atom stereocenters. The van der Waals surface area contributed by atoms with E-state index in [2.05, 4.69) is 0 Å². The highest BCUT2D eigenvalue weighted by molar-refractivity contribution is 5.85. The molecule has 3 atom stereocenters. The summed E-state index contributed by atoms with van der Waals surface area (Å²) in [5, 5.41) is 0. The number of carbonyl (C=O) groups excluding carboxylic acids is 1. The second-order valence-electron chi connectivity index (χ2n) is 9.94. The molecule has 0 N–H and O–H groups in total. The van der Waals surface area contributed by atoms with Gasteiger partial charge in [0.1, 0.15) is 18.0 Å². The lowest BCUT2D eigenvalue weighted by molar-refractivity contribution is -0.145. The van der Waals surface area contributed by atoms with Crippen molar-refractivity contribution < 1.29 is 42.3 Å². The Morgan fingerprint density at radius 1 is 0.927 bits per heavy atom. The predicted octanol–water partition coefficient (Wildman–Crippen LogP) is 6.08. The average molecular weight is 569 g/mol. The van der Waals surface area contributed by atoms with Crippen molar-refractivity contribution in [3.05, 3.63) is 64.5 Å². The zero-order chi connectivity index (χ0) is 29.8. The molecule has 41 heavy (non-hydrogen) atoms. The van der Waals surface area contributed by atoms with Gasteiger partial charge in [-0.2, -0.15) is 0 Å². The normalized spacial score (nSPS) is 16.8. The number of carbonyl (C=O) groups is 1. The SMILES string of the molecule is COc1cc(C[C@H](C)OC(C)=O)c(-c2c3c(c(OC)c(OC)c2OC)[C@@H](c2ccc(F)cc2)O[C@@H](C)C3)cc1OC. The van der Waals surface area contributed by atoms with Gasteiger partial charge in [0, 0.05) is 24.5 Å². The summed E-state index contributed by atoms with van der Waals surface area (Å²) < 4.78 is 55.0.